The predicted molar refractivity (Wildman–Crippen MR) is 123 cm³/mol. The number of hydrogen-bond donors (Lipinski definition) is 0. The zero-order valence-corrected chi connectivity index (χ0v) is 18.5. The molecular formula is C22H15Cl2N3O3S. The Morgan fingerprint density at radius 1 is 1.06 bits per heavy atom. The van der Waals surface area contributed by atoms with Crippen molar-refractivity contribution in [3.8, 4) is 22.5 Å². The number of aliphatic imine (C=N–C) groups is 1. The van der Waals surface area contributed by atoms with Gasteiger partial charge >= 0.3 is 5.97 Å². The molecule has 0 saturated carbocycles. The Balaban J connectivity index is 1.76. The number of rotatable bonds is 4. The zero-order chi connectivity index (χ0) is 22.0. The number of thioether (sulfide) groups is 1. The molecule has 0 radical (unpaired) electrons. The van der Waals surface area contributed by atoms with Crippen LogP contribution < -0.4 is 0 Å². The third-order valence-electron chi connectivity index (χ3n) is 4.32. The fourth-order valence-electron chi connectivity index (χ4n) is 2.89. The van der Waals surface area contributed by atoms with E-state index in [9.17, 15) is 9.59 Å². The van der Waals surface area contributed by atoms with Gasteiger partial charge in [-0.3, -0.25) is 4.79 Å². The van der Waals surface area contributed by atoms with Crippen molar-refractivity contribution in [3.63, 3.8) is 0 Å². The van der Waals surface area contributed by atoms with Crippen molar-refractivity contribution in [2.24, 2.45) is 4.99 Å². The summed E-state index contributed by atoms with van der Waals surface area (Å²) in [5.41, 5.74) is 3.10. The average Bonchev–Trinajstić information content (AvgIpc) is 3.33. The van der Waals surface area contributed by atoms with E-state index < -0.39 is 11.9 Å². The maximum atomic E-state index is 12.3. The molecule has 2 heterocycles. The minimum absolute atomic E-state index is 0.180. The van der Waals surface area contributed by atoms with Gasteiger partial charge in [0.25, 0.3) is 5.91 Å². The predicted octanol–water partition coefficient (Wildman–Crippen LogP) is 5.45. The number of amides is 1. The Kier molecular flexibility index (Phi) is 6.27. The molecule has 1 amide bonds. The summed E-state index contributed by atoms with van der Waals surface area (Å²) < 4.78 is 6.48. The third kappa shape index (κ3) is 4.74. The molecule has 3 aromatic rings. The van der Waals surface area contributed by atoms with Crippen molar-refractivity contribution < 1.29 is 14.3 Å². The van der Waals surface area contributed by atoms with Gasteiger partial charge in [-0.05, 0) is 49.0 Å². The van der Waals surface area contributed by atoms with Gasteiger partial charge in [0.05, 0.1) is 22.9 Å². The van der Waals surface area contributed by atoms with E-state index in [0.717, 1.165) is 34.7 Å². The molecule has 1 aliphatic heterocycles. The van der Waals surface area contributed by atoms with Gasteiger partial charge in [0, 0.05) is 27.2 Å². The van der Waals surface area contributed by atoms with Crippen LogP contribution in [0.4, 0.5) is 0 Å². The third-order valence-corrected chi connectivity index (χ3v) is 5.78. The first-order valence-electron chi connectivity index (χ1n) is 9.26. The lowest BCUT2D eigenvalue weighted by Crippen LogP contribution is -2.09. The molecule has 0 saturated heterocycles. The fraction of sp³-hybridized carbons (Fsp3) is 0.0909. The summed E-state index contributed by atoms with van der Waals surface area (Å²) in [6.45, 7) is 1.92. The molecule has 4 rings (SSSR count). The van der Waals surface area contributed by atoms with Gasteiger partial charge in [-0.1, -0.05) is 47.5 Å². The number of aromatic nitrogens is 2. The molecule has 0 aliphatic carbocycles. The number of esters is 1. The van der Waals surface area contributed by atoms with E-state index >= 15 is 0 Å². The molecule has 2 aromatic carbocycles. The van der Waals surface area contributed by atoms with E-state index in [-0.39, 0.29) is 11.5 Å². The lowest BCUT2D eigenvalue weighted by Gasteiger charge is -2.06. The van der Waals surface area contributed by atoms with Crippen LogP contribution in [0.2, 0.25) is 10.0 Å². The van der Waals surface area contributed by atoms with Gasteiger partial charge in [0.15, 0.2) is 5.17 Å². The summed E-state index contributed by atoms with van der Waals surface area (Å²) in [5, 5.41) is 6.24. The Labute approximate surface area is 192 Å². The molecule has 0 bridgehead atoms. The SMILES string of the molecule is CCOC(=O)/C=C1\SC(n2nc(-c3ccc(Cl)cc3)cc2-c2ccc(Cl)cc2)=NC1=O. The molecule has 0 fully saturated rings. The summed E-state index contributed by atoms with van der Waals surface area (Å²) >= 11 is 13.1. The van der Waals surface area contributed by atoms with Crippen LogP contribution in [0.1, 0.15) is 6.92 Å². The Hall–Kier alpha value is -2.87. The van der Waals surface area contributed by atoms with Crippen LogP contribution >= 0.6 is 35.0 Å². The smallest absolute Gasteiger partial charge is 0.332 e. The maximum absolute atomic E-state index is 12.3. The largest absolute Gasteiger partial charge is 0.463 e. The van der Waals surface area contributed by atoms with Crippen LogP contribution in [-0.2, 0) is 14.3 Å². The highest BCUT2D eigenvalue weighted by molar-refractivity contribution is 8.18. The number of nitrogens with zero attached hydrogens (tertiary/aromatic N) is 3. The van der Waals surface area contributed by atoms with Gasteiger partial charge in [-0.2, -0.15) is 10.1 Å². The van der Waals surface area contributed by atoms with Crippen molar-refractivity contribution in [2.75, 3.05) is 6.61 Å². The van der Waals surface area contributed by atoms with E-state index in [1.807, 2.05) is 30.3 Å². The minimum Gasteiger partial charge on any atom is -0.463 e. The summed E-state index contributed by atoms with van der Waals surface area (Å²) in [6.07, 6.45) is 1.15. The highest BCUT2D eigenvalue weighted by atomic mass is 35.5. The van der Waals surface area contributed by atoms with Gasteiger partial charge in [-0.15, -0.1) is 0 Å². The topological polar surface area (TPSA) is 73.6 Å². The first-order valence-corrected chi connectivity index (χ1v) is 10.8. The van der Waals surface area contributed by atoms with Crippen molar-refractivity contribution in [3.05, 3.63) is 75.6 Å². The molecule has 0 spiro atoms. The quantitative estimate of drug-likeness (QED) is 0.373. The highest BCUT2D eigenvalue weighted by Crippen LogP contribution is 2.33. The van der Waals surface area contributed by atoms with E-state index in [1.165, 1.54) is 0 Å². The molecule has 31 heavy (non-hydrogen) atoms. The molecule has 156 valence electrons. The van der Waals surface area contributed by atoms with Crippen LogP contribution in [0.25, 0.3) is 22.5 Å². The van der Waals surface area contributed by atoms with Crippen molar-refractivity contribution in [2.45, 2.75) is 6.92 Å². The second kappa shape index (κ2) is 9.09. The molecular weight excluding hydrogens is 457 g/mol. The highest BCUT2D eigenvalue weighted by Gasteiger charge is 2.27. The summed E-state index contributed by atoms with van der Waals surface area (Å²) in [6, 6.07) is 16.5. The Morgan fingerprint density at radius 3 is 2.29 bits per heavy atom. The van der Waals surface area contributed by atoms with E-state index in [2.05, 4.69) is 10.1 Å². The first kappa shape index (κ1) is 21.4. The summed E-state index contributed by atoms with van der Waals surface area (Å²) in [5.74, 6) is -1.10. The Morgan fingerprint density at radius 2 is 1.68 bits per heavy atom. The normalized spacial score (nSPS) is 14.7. The average molecular weight is 472 g/mol. The number of halogens is 2. The number of benzene rings is 2. The van der Waals surface area contributed by atoms with E-state index in [1.54, 1.807) is 35.9 Å². The van der Waals surface area contributed by atoms with Gasteiger partial charge in [0.2, 0.25) is 0 Å². The summed E-state index contributed by atoms with van der Waals surface area (Å²) in [7, 11) is 0. The standard InChI is InChI=1S/C22H15Cl2N3O3S/c1-2-30-20(28)12-19-21(29)25-22(31-19)27-18(14-5-9-16(24)10-6-14)11-17(26-27)13-3-7-15(23)8-4-13/h3-12H,2H2,1H3/b19-12-. The number of carbonyl (C=O) groups excluding carboxylic acids is 2. The number of hydrogen-bond acceptors (Lipinski definition) is 5. The van der Waals surface area contributed by atoms with Crippen LogP contribution in [0.5, 0.6) is 0 Å². The van der Waals surface area contributed by atoms with Gasteiger partial charge in [-0.25, -0.2) is 9.48 Å². The summed E-state index contributed by atoms with van der Waals surface area (Å²) in [4.78, 5) is 28.4. The second-order valence-electron chi connectivity index (χ2n) is 6.40. The Bertz CT molecular complexity index is 1220. The maximum Gasteiger partial charge on any atom is 0.332 e. The number of ether oxygens (including phenoxy) is 1. The lowest BCUT2D eigenvalue weighted by atomic mass is 10.1. The van der Waals surface area contributed by atoms with Crippen LogP contribution in [0, 0.1) is 0 Å². The van der Waals surface area contributed by atoms with Crippen molar-refractivity contribution in [1.29, 1.82) is 0 Å². The van der Waals surface area contributed by atoms with E-state index in [0.29, 0.717) is 20.9 Å². The van der Waals surface area contributed by atoms with Crippen molar-refractivity contribution in [1.82, 2.24) is 9.78 Å². The molecule has 0 unspecified atom stereocenters. The minimum atomic E-state index is -0.588. The van der Waals surface area contributed by atoms with Gasteiger partial charge in [0.1, 0.15) is 0 Å². The van der Waals surface area contributed by atoms with E-state index in [4.69, 9.17) is 27.9 Å². The molecule has 9 heteroatoms. The number of carbonyl (C=O) groups is 2. The molecule has 1 aliphatic rings. The fourth-order valence-corrected chi connectivity index (χ4v) is 3.99. The van der Waals surface area contributed by atoms with Crippen LogP contribution in [-0.4, -0.2) is 33.4 Å². The van der Waals surface area contributed by atoms with Crippen molar-refractivity contribution >= 4 is 52.0 Å². The zero-order valence-electron chi connectivity index (χ0n) is 16.2. The molecule has 6 nitrogen and oxygen atoms in total. The monoisotopic (exact) mass is 471 g/mol. The second-order valence-corrected chi connectivity index (χ2v) is 8.28. The van der Waals surface area contributed by atoms with Crippen LogP contribution in [0.3, 0.4) is 0 Å². The van der Waals surface area contributed by atoms with Gasteiger partial charge < -0.3 is 4.74 Å². The molecule has 1 aromatic heterocycles. The lowest BCUT2D eigenvalue weighted by molar-refractivity contribution is -0.137. The first-order chi connectivity index (χ1) is 14.9. The molecule has 0 N–H and O–H groups in total. The van der Waals surface area contributed by atoms with Crippen LogP contribution in [0.15, 0.2) is 70.6 Å². The molecule has 0 atom stereocenters.